The highest BCUT2D eigenvalue weighted by Gasteiger charge is 2.68. The van der Waals surface area contributed by atoms with Crippen LogP contribution in [0.4, 0.5) is 0 Å². The summed E-state index contributed by atoms with van der Waals surface area (Å²) in [6.07, 6.45) is 2.04. The molecule has 0 aromatic carbocycles. The molecule has 3 fully saturated rings. The average molecular weight is 327 g/mol. The third-order valence-electron chi connectivity index (χ3n) is 7.17. The fourth-order valence-corrected chi connectivity index (χ4v) is 6.10. The van der Waals surface area contributed by atoms with Gasteiger partial charge in [0.2, 0.25) is 0 Å². The summed E-state index contributed by atoms with van der Waals surface area (Å²) in [6.45, 7) is 18.1. The van der Waals surface area contributed by atoms with Crippen LogP contribution in [0, 0.1) is 17.3 Å². The maximum atomic E-state index is 10.8. The standard InChI is InChI=1S/C18H34O3Si/c1-16(2,3)22(7,8)21-12-10-18(6)11-9-17(4,5)15(19)13(11)14(12)20-18/h11-15,19H,9-10H2,1-8H3/t11-,12-,13+,14-,15-,18+/m0/s1. The zero-order valence-electron chi connectivity index (χ0n) is 15.6. The normalized spacial score (nSPS) is 47.0. The third kappa shape index (κ3) is 2.25. The first-order valence-electron chi connectivity index (χ1n) is 8.82. The summed E-state index contributed by atoms with van der Waals surface area (Å²) in [7, 11) is -1.80. The maximum absolute atomic E-state index is 10.8. The predicted molar refractivity (Wildman–Crippen MR) is 91.3 cm³/mol. The molecule has 1 saturated carbocycles. The predicted octanol–water partition coefficient (Wildman–Crippen LogP) is 3.96. The van der Waals surface area contributed by atoms with Crippen molar-refractivity contribution in [1.82, 2.24) is 0 Å². The number of hydrogen-bond donors (Lipinski definition) is 1. The van der Waals surface area contributed by atoms with Crippen molar-refractivity contribution in [3.05, 3.63) is 0 Å². The highest BCUT2D eigenvalue weighted by atomic mass is 28.4. The summed E-state index contributed by atoms with van der Waals surface area (Å²) >= 11 is 0. The molecule has 2 bridgehead atoms. The summed E-state index contributed by atoms with van der Waals surface area (Å²) in [6, 6.07) is 0. The monoisotopic (exact) mass is 326 g/mol. The van der Waals surface area contributed by atoms with Gasteiger partial charge in [0.1, 0.15) is 0 Å². The van der Waals surface area contributed by atoms with Crippen LogP contribution in [0.3, 0.4) is 0 Å². The molecule has 3 aliphatic rings. The number of rotatable bonds is 2. The molecule has 2 heterocycles. The fraction of sp³-hybridized carbons (Fsp3) is 1.00. The smallest absolute Gasteiger partial charge is 0.192 e. The Morgan fingerprint density at radius 1 is 1.14 bits per heavy atom. The molecule has 6 atom stereocenters. The van der Waals surface area contributed by atoms with Crippen LogP contribution in [0.2, 0.25) is 18.1 Å². The minimum atomic E-state index is -1.80. The molecule has 4 heteroatoms. The molecule has 1 N–H and O–H groups in total. The molecule has 1 aliphatic carbocycles. The Kier molecular flexibility index (Phi) is 3.53. The van der Waals surface area contributed by atoms with E-state index in [2.05, 4.69) is 54.6 Å². The van der Waals surface area contributed by atoms with Crippen molar-refractivity contribution in [2.75, 3.05) is 0 Å². The van der Waals surface area contributed by atoms with Crippen molar-refractivity contribution < 1.29 is 14.3 Å². The first-order chi connectivity index (χ1) is 9.79. The Bertz CT molecular complexity index is 467. The first-order valence-corrected chi connectivity index (χ1v) is 11.7. The van der Waals surface area contributed by atoms with Crippen LogP contribution in [0.15, 0.2) is 0 Å². The van der Waals surface area contributed by atoms with E-state index in [1.165, 1.54) is 0 Å². The van der Waals surface area contributed by atoms with Crippen molar-refractivity contribution in [1.29, 1.82) is 0 Å². The van der Waals surface area contributed by atoms with Gasteiger partial charge in [-0.3, -0.25) is 0 Å². The minimum absolute atomic E-state index is 0.00445. The summed E-state index contributed by atoms with van der Waals surface area (Å²) in [5.74, 6) is 0.741. The van der Waals surface area contributed by atoms with Gasteiger partial charge >= 0.3 is 0 Å². The van der Waals surface area contributed by atoms with E-state index >= 15 is 0 Å². The van der Waals surface area contributed by atoms with Crippen LogP contribution < -0.4 is 0 Å². The van der Waals surface area contributed by atoms with Gasteiger partial charge in [0, 0.05) is 12.3 Å². The Morgan fingerprint density at radius 3 is 2.27 bits per heavy atom. The molecular formula is C18H34O3Si. The van der Waals surface area contributed by atoms with E-state index in [4.69, 9.17) is 9.16 Å². The van der Waals surface area contributed by atoms with Gasteiger partial charge in [-0.1, -0.05) is 34.6 Å². The molecule has 3 rings (SSSR count). The maximum Gasteiger partial charge on any atom is 0.192 e. The Hall–Kier alpha value is 0.0969. The third-order valence-corrected chi connectivity index (χ3v) is 11.7. The van der Waals surface area contributed by atoms with Crippen LogP contribution in [0.25, 0.3) is 0 Å². The van der Waals surface area contributed by atoms with Gasteiger partial charge < -0.3 is 14.3 Å². The van der Waals surface area contributed by atoms with E-state index in [1.54, 1.807) is 0 Å². The van der Waals surface area contributed by atoms with Crippen LogP contribution in [0.5, 0.6) is 0 Å². The second kappa shape index (κ2) is 4.59. The molecule has 22 heavy (non-hydrogen) atoms. The van der Waals surface area contributed by atoms with E-state index in [-0.39, 0.29) is 40.3 Å². The molecular weight excluding hydrogens is 292 g/mol. The largest absolute Gasteiger partial charge is 0.411 e. The van der Waals surface area contributed by atoms with Gasteiger partial charge in [0.25, 0.3) is 0 Å². The summed E-state index contributed by atoms with van der Waals surface area (Å²) in [5, 5.41) is 11.0. The Morgan fingerprint density at radius 2 is 1.73 bits per heavy atom. The van der Waals surface area contributed by atoms with Crippen molar-refractivity contribution in [3.63, 3.8) is 0 Å². The number of ether oxygens (including phenoxy) is 1. The number of fused-ring (bicyclic) bond motifs is 5. The van der Waals surface area contributed by atoms with Crippen LogP contribution in [0.1, 0.15) is 54.4 Å². The van der Waals surface area contributed by atoms with Crippen molar-refractivity contribution >= 4 is 8.32 Å². The summed E-state index contributed by atoms with van der Waals surface area (Å²) in [5.41, 5.74) is -0.0956. The second-order valence-corrected chi connectivity index (χ2v) is 15.1. The molecule has 0 radical (unpaired) electrons. The quantitative estimate of drug-likeness (QED) is 0.781. The molecule has 2 aliphatic heterocycles. The van der Waals surface area contributed by atoms with E-state index in [0.717, 1.165) is 12.8 Å². The fourth-order valence-electron chi connectivity index (χ4n) is 4.78. The molecule has 0 aromatic heterocycles. The Balaban J connectivity index is 1.83. The second-order valence-electron chi connectivity index (χ2n) is 10.3. The zero-order chi connectivity index (χ0) is 16.7. The van der Waals surface area contributed by atoms with E-state index in [9.17, 15) is 5.11 Å². The molecule has 0 aromatic rings. The van der Waals surface area contributed by atoms with Gasteiger partial charge in [-0.25, -0.2) is 0 Å². The first kappa shape index (κ1) is 16.9. The van der Waals surface area contributed by atoms with Crippen LogP contribution >= 0.6 is 0 Å². The number of aliphatic hydroxyl groups excluding tert-OH is 1. The van der Waals surface area contributed by atoms with E-state index in [1.807, 2.05) is 0 Å². The van der Waals surface area contributed by atoms with Crippen LogP contribution in [-0.2, 0) is 9.16 Å². The lowest BCUT2D eigenvalue weighted by molar-refractivity contribution is -0.0453. The highest BCUT2D eigenvalue weighted by Crippen LogP contribution is 2.63. The van der Waals surface area contributed by atoms with E-state index < -0.39 is 8.32 Å². The summed E-state index contributed by atoms with van der Waals surface area (Å²) in [4.78, 5) is 0. The van der Waals surface area contributed by atoms with Crippen molar-refractivity contribution in [2.24, 2.45) is 17.3 Å². The van der Waals surface area contributed by atoms with Gasteiger partial charge in [-0.2, -0.15) is 0 Å². The molecule has 0 amide bonds. The lowest BCUT2D eigenvalue weighted by Crippen LogP contribution is -2.50. The van der Waals surface area contributed by atoms with Gasteiger partial charge in [0.15, 0.2) is 8.32 Å². The minimum Gasteiger partial charge on any atom is -0.411 e. The topological polar surface area (TPSA) is 38.7 Å². The zero-order valence-corrected chi connectivity index (χ0v) is 16.6. The molecule has 0 unspecified atom stereocenters. The van der Waals surface area contributed by atoms with Gasteiger partial charge in [-0.15, -0.1) is 0 Å². The van der Waals surface area contributed by atoms with Crippen molar-refractivity contribution in [3.8, 4) is 0 Å². The number of hydrogen-bond acceptors (Lipinski definition) is 3. The average Bonchev–Trinajstić information content (AvgIpc) is 2.84. The molecule has 2 saturated heterocycles. The van der Waals surface area contributed by atoms with Gasteiger partial charge in [0.05, 0.1) is 23.9 Å². The highest BCUT2D eigenvalue weighted by molar-refractivity contribution is 6.74. The number of aliphatic hydroxyl groups is 1. The molecule has 3 nitrogen and oxygen atoms in total. The molecule has 128 valence electrons. The molecule has 0 spiro atoms. The van der Waals surface area contributed by atoms with E-state index in [0.29, 0.717) is 5.92 Å². The van der Waals surface area contributed by atoms with Crippen LogP contribution in [-0.4, -0.2) is 37.3 Å². The van der Waals surface area contributed by atoms with Crippen molar-refractivity contribution in [2.45, 2.75) is 96.4 Å². The summed E-state index contributed by atoms with van der Waals surface area (Å²) < 4.78 is 13.1. The lowest BCUT2D eigenvalue weighted by Gasteiger charge is -2.42. The Labute approximate surface area is 136 Å². The van der Waals surface area contributed by atoms with Gasteiger partial charge in [-0.05, 0) is 42.8 Å². The lowest BCUT2D eigenvalue weighted by atomic mass is 9.73. The SMILES string of the molecule is CC1(C)C[C@H]2[C@H]([C@H]3O[C@]2(C)C[C@@H]3O[Si](C)(C)C(C)(C)C)[C@@H]1O.